The fourth-order valence-corrected chi connectivity index (χ4v) is 2.01. The van der Waals surface area contributed by atoms with Crippen LogP contribution in [0.1, 0.15) is 19.5 Å². The van der Waals surface area contributed by atoms with Crippen molar-refractivity contribution < 1.29 is 3.89 Å². The predicted octanol–water partition coefficient (Wildman–Crippen LogP) is 4.51. The van der Waals surface area contributed by atoms with Crippen LogP contribution in [-0.4, -0.2) is 9.19 Å². The molecule has 2 aromatic rings. The highest BCUT2D eigenvalue weighted by Crippen LogP contribution is 2.25. The third-order valence-corrected chi connectivity index (χ3v) is 2.76. The summed E-state index contributed by atoms with van der Waals surface area (Å²) >= 11 is 3.48. The van der Waals surface area contributed by atoms with Crippen molar-refractivity contribution in [2.24, 2.45) is 0 Å². The highest BCUT2D eigenvalue weighted by Gasteiger charge is 2.07. The number of halogens is 2. The Hall–Kier alpha value is -0.550. The minimum atomic E-state index is 0.115. The standard InChI is InChI=1S/C8H6BrFN2S.C2H6/c1-5-7-4-6(9)2-3-8(7)12(11-5)13-10;1-2/h2-4H,1H3;1-2H3. The third-order valence-electron chi connectivity index (χ3n) is 1.86. The molecule has 1 heterocycles. The second-order valence-electron chi connectivity index (χ2n) is 2.69. The van der Waals surface area contributed by atoms with E-state index in [1.54, 1.807) is 0 Å². The molecule has 0 saturated heterocycles. The molecule has 0 bridgehead atoms. The highest BCUT2D eigenvalue weighted by atomic mass is 79.9. The van der Waals surface area contributed by atoms with Gasteiger partial charge >= 0.3 is 0 Å². The third kappa shape index (κ3) is 2.52. The molecule has 0 unspecified atom stereocenters. The van der Waals surface area contributed by atoms with Crippen molar-refractivity contribution in [1.82, 2.24) is 9.19 Å². The van der Waals surface area contributed by atoms with Crippen LogP contribution in [0, 0.1) is 6.92 Å². The molecule has 0 N–H and O–H groups in total. The van der Waals surface area contributed by atoms with E-state index in [0.717, 1.165) is 21.1 Å². The second-order valence-corrected chi connectivity index (χ2v) is 4.09. The van der Waals surface area contributed by atoms with Gasteiger partial charge in [0.1, 0.15) is 0 Å². The maximum absolute atomic E-state index is 12.4. The van der Waals surface area contributed by atoms with E-state index in [1.807, 2.05) is 39.0 Å². The van der Waals surface area contributed by atoms with E-state index in [9.17, 15) is 3.89 Å². The van der Waals surface area contributed by atoms with E-state index in [1.165, 1.54) is 4.09 Å². The maximum atomic E-state index is 12.4. The van der Waals surface area contributed by atoms with Gasteiger partial charge in [0.25, 0.3) is 0 Å². The summed E-state index contributed by atoms with van der Waals surface area (Å²) in [4.78, 5) is 0. The van der Waals surface area contributed by atoms with Crippen molar-refractivity contribution in [2.75, 3.05) is 0 Å². The van der Waals surface area contributed by atoms with E-state index in [-0.39, 0.29) is 12.3 Å². The Morgan fingerprint density at radius 1 is 1.40 bits per heavy atom. The van der Waals surface area contributed by atoms with Crippen molar-refractivity contribution >= 4 is 39.2 Å². The van der Waals surface area contributed by atoms with Crippen LogP contribution < -0.4 is 0 Å². The quantitative estimate of drug-likeness (QED) is 0.769. The number of fused-ring (bicyclic) bond motifs is 1. The van der Waals surface area contributed by atoms with E-state index >= 15 is 0 Å². The molecule has 82 valence electrons. The van der Waals surface area contributed by atoms with Gasteiger partial charge < -0.3 is 0 Å². The highest BCUT2D eigenvalue weighted by molar-refractivity contribution is 9.10. The predicted molar refractivity (Wildman–Crippen MR) is 67.6 cm³/mol. The monoisotopic (exact) mass is 290 g/mol. The van der Waals surface area contributed by atoms with Crippen LogP contribution in [-0.2, 0) is 0 Å². The number of rotatable bonds is 1. The van der Waals surface area contributed by atoms with Crippen LogP contribution >= 0.6 is 28.3 Å². The molecule has 0 fully saturated rings. The van der Waals surface area contributed by atoms with Crippen LogP contribution in [0.4, 0.5) is 3.89 Å². The Morgan fingerprint density at radius 2 is 2.07 bits per heavy atom. The molecule has 15 heavy (non-hydrogen) atoms. The normalized spacial score (nSPS) is 9.93. The molecule has 0 saturated carbocycles. The molecule has 0 spiro atoms. The Kier molecular flexibility index (Phi) is 4.60. The summed E-state index contributed by atoms with van der Waals surface area (Å²) in [7, 11) is 0. The van der Waals surface area contributed by atoms with Gasteiger partial charge in [0.15, 0.2) is 12.3 Å². The van der Waals surface area contributed by atoms with Gasteiger partial charge in [0.05, 0.1) is 11.2 Å². The van der Waals surface area contributed by atoms with Gasteiger partial charge in [-0.05, 0) is 25.1 Å². The number of hydrogen-bond donors (Lipinski definition) is 0. The lowest BCUT2D eigenvalue weighted by Crippen LogP contribution is -1.84. The summed E-state index contributed by atoms with van der Waals surface area (Å²) in [5, 5.41) is 5.00. The van der Waals surface area contributed by atoms with Crippen LogP contribution in [0.25, 0.3) is 10.9 Å². The van der Waals surface area contributed by atoms with Crippen molar-refractivity contribution in [2.45, 2.75) is 20.8 Å². The van der Waals surface area contributed by atoms with Crippen molar-refractivity contribution in [3.8, 4) is 0 Å². The largest absolute Gasteiger partial charge is 0.188 e. The zero-order valence-electron chi connectivity index (χ0n) is 8.79. The van der Waals surface area contributed by atoms with Gasteiger partial charge in [-0.25, -0.2) is 0 Å². The SMILES string of the molecule is CC.Cc1nn(SF)c2ccc(Br)cc12. The van der Waals surface area contributed by atoms with E-state index in [4.69, 9.17) is 0 Å². The molecule has 0 amide bonds. The summed E-state index contributed by atoms with van der Waals surface area (Å²) in [6, 6.07) is 5.65. The summed E-state index contributed by atoms with van der Waals surface area (Å²) in [5.74, 6) is 0. The molecule has 2 nitrogen and oxygen atoms in total. The first-order valence-corrected chi connectivity index (χ1v) is 6.13. The number of aryl methyl sites for hydroxylation is 1. The Morgan fingerprint density at radius 3 is 2.67 bits per heavy atom. The lowest BCUT2D eigenvalue weighted by molar-refractivity contribution is 0.881. The van der Waals surface area contributed by atoms with Crippen LogP contribution in [0.2, 0.25) is 0 Å². The summed E-state index contributed by atoms with van der Waals surface area (Å²) in [6.45, 7) is 5.86. The van der Waals surface area contributed by atoms with Crippen molar-refractivity contribution in [3.05, 3.63) is 28.4 Å². The average Bonchev–Trinajstić information content (AvgIpc) is 2.58. The van der Waals surface area contributed by atoms with Crippen LogP contribution in [0.5, 0.6) is 0 Å². The van der Waals surface area contributed by atoms with Crippen LogP contribution in [0.15, 0.2) is 22.7 Å². The smallest absolute Gasteiger partial charge is 0.176 e. The minimum absolute atomic E-state index is 0.115. The molecule has 0 atom stereocenters. The van der Waals surface area contributed by atoms with Gasteiger partial charge in [-0.2, -0.15) is 9.19 Å². The van der Waals surface area contributed by atoms with Gasteiger partial charge in [0, 0.05) is 9.86 Å². The summed E-state index contributed by atoms with van der Waals surface area (Å²) < 4.78 is 14.6. The molecule has 0 aliphatic rings. The van der Waals surface area contributed by atoms with E-state index in [2.05, 4.69) is 21.0 Å². The first-order valence-electron chi connectivity index (χ1n) is 4.66. The van der Waals surface area contributed by atoms with E-state index < -0.39 is 0 Å². The van der Waals surface area contributed by atoms with Crippen molar-refractivity contribution in [1.29, 1.82) is 0 Å². The van der Waals surface area contributed by atoms with Crippen molar-refractivity contribution in [3.63, 3.8) is 0 Å². The molecule has 0 radical (unpaired) electrons. The molecule has 0 aliphatic heterocycles. The number of hydrogen-bond acceptors (Lipinski definition) is 2. The van der Waals surface area contributed by atoms with Gasteiger partial charge in [0.2, 0.25) is 0 Å². The molecule has 1 aromatic carbocycles. The molecule has 2 rings (SSSR count). The molecular weight excluding hydrogens is 279 g/mol. The van der Waals surface area contributed by atoms with Crippen LogP contribution in [0.3, 0.4) is 0 Å². The first kappa shape index (κ1) is 12.5. The fraction of sp³-hybridized carbons (Fsp3) is 0.300. The molecule has 0 aliphatic carbocycles. The maximum Gasteiger partial charge on any atom is 0.188 e. The topological polar surface area (TPSA) is 17.8 Å². The summed E-state index contributed by atoms with van der Waals surface area (Å²) in [5.41, 5.74) is 1.63. The van der Waals surface area contributed by atoms with Gasteiger partial charge in [-0.15, -0.1) is 3.89 Å². The first-order chi connectivity index (χ1) is 7.22. The zero-order valence-corrected chi connectivity index (χ0v) is 11.2. The Balaban J connectivity index is 0.000000531. The number of aromatic nitrogens is 2. The minimum Gasteiger partial charge on any atom is -0.176 e. The number of benzene rings is 1. The molecular formula is C10H12BrFN2S. The lowest BCUT2D eigenvalue weighted by Gasteiger charge is -1.93. The number of nitrogens with zero attached hydrogens (tertiary/aromatic N) is 2. The lowest BCUT2D eigenvalue weighted by atomic mass is 10.2. The Labute approximate surface area is 101 Å². The summed E-state index contributed by atoms with van der Waals surface area (Å²) in [6.07, 6.45) is 0. The average molecular weight is 291 g/mol. The molecule has 1 aromatic heterocycles. The second kappa shape index (κ2) is 5.51. The van der Waals surface area contributed by atoms with E-state index in [0.29, 0.717) is 0 Å². The van der Waals surface area contributed by atoms with Gasteiger partial charge in [-0.1, -0.05) is 29.8 Å². The zero-order chi connectivity index (χ0) is 11.4. The fourth-order valence-electron chi connectivity index (χ4n) is 1.26. The molecule has 5 heteroatoms. The Bertz CT molecular complexity index is 456. The van der Waals surface area contributed by atoms with Gasteiger partial charge in [-0.3, -0.25) is 0 Å².